The molecule has 2 heterocycles. The molecule has 0 aliphatic rings. The SMILES string of the molecule is Cc1ccccc1-c1ccc(-c2ccc3c(c2)c2ccccc2n3-c2ccc3c(c2)oc2ccccc23)cc1Oc1ccccc1. The zero-order chi connectivity index (χ0) is 30.6. The Balaban J connectivity index is 1.20. The van der Waals surface area contributed by atoms with Crippen LogP contribution < -0.4 is 4.74 Å². The number of hydrogen-bond acceptors (Lipinski definition) is 2. The van der Waals surface area contributed by atoms with Gasteiger partial charge in [0.1, 0.15) is 22.7 Å². The number of nitrogens with zero attached hydrogens (tertiary/aromatic N) is 1. The van der Waals surface area contributed by atoms with Gasteiger partial charge in [0.25, 0.3) is 0 Å². The molecule has 0 atom stereocenters. The van der Waals surface area contributed by atoms with Crippen molar-refractivity contribution in [1.82, 2.24) is 4.57 Å². The molecule has 2 aromatic heterocycles. The van der Waals surface area contributed by atoms with Gasteiger partial charge in [0.15, 0.2) is 0 Å². The fourth-order valence-corrected chi connectivity index (χ4v) is 6.78. The van der Waals surface area contributed by atoms with Gasteiger partial charge in [-0.05, 0) is 83.8 Å². The number of hydrogen-bond donors (Lipinski definition) is 0. The van der Waals surface area contributed by atoms with E-state index in [9.17, 15) is 0 Å². The van der Waals surface area contributed by atoms with E-state index in [1.165, 1.54) is 21.9 Å². The standard InChI is InChI=1S/C43H29NO2/c1-28-11-5-6-14-33(28)36-22-19-30(26-42(36)45-32-12-3-2-4-13-32)29-20-24-40-38(25-29)34-15-7-9-17-39(34)44(40)31-21-23-37-35-16-8-10-18-41(35)46-43(37)27-31/h2-27H,1H3. The van der Waals surface area contributed by atoms with E-state index in [-0.39, 0.29) is 0 Å². The average Bonchev–Trinajstić information content (AvgIpc) is 3.64. The minimum Gasteiger partial charge on any atom is -0.457 e. The number of benzene rings is 7. The van der Waals surface area contributed by atoms with Crippen LogP contribution in [0.4, 0.5) is 0 Å². The highest BCUT2D eigenvalue weighted by Gasteiger charge is 2.17. The van der Waals surface area contributed by atoms with Gasteiger partial charge < -0.3 is 13.7 Å². The van der Waals surface area contributed by atoms with Gasteiger partial charge in [0.2, 0.25) is 0 Å². The number of aryl methyl sites for hydroxylation is 1. The molecule has 46 heavy (non-hydrogen) atoms. The van der Waals surface area contributed by atoms with Gasteiger partial charge in [0.05, 0.1) is 11.0 Å². The summed E-state index contributed by atoms with van der Waals surface area (Å²) in [5, 5.41) is 4.68. The highest BCUT2D eigenvalue weighted by atomic mass is 16.5. The molecule has 3 heteroatoms. The molecule has 3 nitrogen and oxygen atoms in total. The highest BCUT2D eigenvalue weighted by Crippen LogP contribution is 2.41. The van der Waals surface area contributed by atoms with Gasteiger partial charge in [-0.3, -0.25) is 0 Å². The number of furan rings is 1. The predicted molar refractivity (Wildman–Crippen MR) is 190 cm³/mol. The second kappa shape index (κ2) is 10.5. The van der Waals surface area contributed by atoms with E-state index in [4.69, 9.17) is 9.15 Å². The van der Waals surface area contributed by atoms with Crippen molar-refractivity contribution in [1.29, 1.82) is 0 Å². The molecule has 0 bridgehead atoms. The maximum atomic E-state index is 6.54. The summed E-state index contributed by atoms with van der Waals surface area (Å²) in [5.74, 6) is 1.65. The minimum atomic E-state index is 0.814. The molecular weight excluding hydrogens is 562 g/mol. The average molecular weight is 592 g/mol. The summed E-state index contributed by atoms with van der Waals surface area (Å²) in [6.45, 7) is 2.14. The normalized spacial score (nSPS) is 11.6. The van der Waals surface area contributed by atoms with Crippen LogP contribution >= 0.6 is 0 Å². The minimum absolute atomic E-state index is 0.814. The summed E-state index contributed by atoms with van der Waals surface area (Å²) < 4.78 is 15.2. The summed E-state index contributed by atoms with van der Waals surface area (Å²) >= 11 is 0. The Hall–Kier alpha value is -6.06. The van der Waals surface area contributed by atoms with Crippen LogP contribution in [-0.4, -0.2) is 4.57 Å². The van der Waals surface area contributed by atoms with Gasteiger partial charge in [-0.15, -0.1) is 0 Å². The van der Waals surface area contributed by atoms with Crippen molar-refractivity contribution in [3.8, 4) is 39.4 Å². The summed E-state index contributed by atoms with van der Waals surface area (Å²) in [4.78, 5) is 0. The zero-order valence-electron chi connectivity index (χ0n) is 25.3. The van der Waals surface area contributed by atoms with Crippen LogP contribution in [0, 0.1) is 6.92 Å². The van der Waals surface area contributed by atoms with Crippen molar-refractivity contribution < 1.29 is 9.15 Å². The molecule has 0 aliphatic heterocycles. The van der Waals surface area contributed by atoms with Gasteiger partial charge in [0, 0.05) is 38.9 Å². The number of para-hydroxylation sites is 3. The van der Waals surface area contributed by atoms with E-state index in [2.05, 4.69) is 127 Å². The van der Waals surface area contributed by atoms with Gasteiger partial charge in [-0.2, -0.15) is 0 Å². The molecular formula is C43H29NO2. The maximum absolute atomic E-state index is 6.54. The Morgan fingerprint density at radius 2 is 1.17 bits per heavy atom. The molecule has 0 saturated carbocycles. The Labute approximate surface area is 266 Å². The predicted octanol–water partition coefficient (Wildman–Crippen LogP) is 12.1. The first-order valence-corrected chi connectivity index (χ1v) is 15.6. The molecule has 0 radical (unpaired) electrons. The lowest BCUT2D eigenvalue weighted by Gasteiger charge is -2.15. The van der Waals surface area contributed by atoms with Crippen LogP contribution in [0.5, 0.6) is 11.5 Å². The van der Waals surface area contributed by atoms with E-state index >= 15 is 0 Å². The Morgan fingerprint density at radius 1 is 0.478 bits per heavy atom. The number of aromatic nitrogens is 1. The first-order valence-electron chi connectivity index (χ1n) is 15.6. The fourth-order valence-electron chi connectivity index (χ4n) is 6.78. The lowest BCUT2D eigenvalue weighted by atomic mass is 9.96. The molecule has 9 aromatic rings. The summed E-state index contributed by atoms with van der Waals surface area (Å²) in [6.07, 6.45) is 0. The first kappa shape index (κ1) is 26.4. The van der Waals surface area contributed by atoms with Gasteiger partial charge in [-0.25, -0.2) is 0 Å². The molecule has 0 N–H and O–H groups in total. The molecule has 0 spiro atoms. The second-order valence-corrected chi connectivity index (χ2v) is 11.8. The molecule has 7 aromatic carbocycles. The van der Waals surface area contributed by atoms with Crippen molar-refractivity contribution in [3.63, 3.8) is 0 Å². The molecule has 218 valence electrons. The van der Waals surface area contributed by atoms with Crippen molar-refractivity contribution in [2.45, 2.75) is 6.92 Å². The lowest BCUT2D eigenvalue weighted by molar-refractivity contribution is 0.484. The summed E-state index contributed by atoms with van der Waals surface area (Å²) in [5.41, 5.74) is 10.9. The molecule has 0 fully saturated rings. The number of ether oxygens (including phenoxy) is 1. The van der Waals surface area contributed by atoms with Crippen LogP contribution in [0.25, 0.3) is 71.7 Å². The monoisotopic (exact) mass is 591 g/mol. The number of rotatable bonds is 5. The van der Waals surface area contributed by atoms with Crippen LogP contribution in [0.15, 0.2) is 162 Å². The van der Waals surface area contributed by atoms with E-state index < -0.39 is 0 Å². The van der Waals surface area contributed by atoms with E-state index in [0.717, 1.165) is 66.8 Å². The molecule has 9 rings (SSSR count). The van der Waals surface area contributed by atoms with Crippen LogP contribution in [0.1, 0.15) is 5.56 Å². The van der Waals surface area contributed by atoms with Crippen molar-refractivity contribution in [2.24, 2.45) is 0 Å². The molecule has 0 aliphatic carbocycles. The van der Waals surface area contributed by atoms with Crippen LogP contribution in [0.3, 0.4) is 0 Å². The van der Waals surface area contributed by atoms with Crippen LogP contribution in [-0.2, 0) is 0 Å². The lowest BCUT2D eigenvalue weighted by Crippen LogP contribution is -1.93. The van der Waals surface area contributed by atoms with Crippen molar-refractivity contribution in [2.75, 3.05) is 0 Å². The third kappa shape index (κ3) is 4.28. The van der Waals surface area contributed by atoms with Crippen molar-refractivity contribution >= 4 is 43.7 Å². The summed E-state index contributed by atoms with van der Waals surface area (Å²) in [6, 6.07) is 55.2. The highest BCUT2D eigenvalue weighted by molar-refractivity contribution is 6.11. The van der Waals surface area contributed by atoms with E-state index in [0.29, 0.717) is 0 Å². The third-order valence-corrected chi connectivity index (χ3v) is 9.01. The Kier molecular flexibility index (Phi) is 6.04. The zero-order valence-corrected chi connectivity index (χ0v) is 25.3. The largest absolute Gasteiger partial charge is 0.457 e. The molecule has 0 unspecified atom stereocenters. The summed E-state index contributed by atoms with van der Waals surface area (Å²) in [7, 11) is 0. The second-order valence-electron chi connectivity index (χ2n) is 11.8. The Morgan fingerprint density at radius 3 is 2.07 bits per heavy atom. The third-order valence-electron chi connectivity index (χ3n) is 9.01. The molecule has 0 saturated heterocycles. The Bertz CT molecular complexity index is 2570. The van der Waals surface area contributed by atoms with E-state index in [1.807, 2.05) is 42.5 Å². The number of fused-ring (bicyclic) bond motifs is 6. The first-order chi connectivity index (χ1) is 22.7. The smallest absolute Gasteiger partial charge is 0.137 e. The topological polar surface area (TPSA) is 27.3 Å². The van der Waals surface area contributed by atoms with Crippen LogP contribution in [0.2, 0.25) is 0 Å². The molecule has 0 amide bonds. The van der Waals surface area contributed by atoms with Gasteiger partial charge in [-0.1, -0.05) is 97.1 Å². The van der Waals surface area contributed by atoms with Crippen molar-refractivity contribution in [3.05, 3.63) is 163 Å². The van der Waals surface area contributed by atoms with E-state index in [1.54, 1.807) is 0 Å². The maximum Gasteiger partial charge on any atom is 0.137 e. The quantitative estimate of drug-likeness (QED) is 0.199. The van der Waals surface area contributed by atoms with Gasteiger partial charge >= 0.3 is 0 Å². The fraction of sp³-hybridized carbons (Fsp3) is 0.0233.